The number of benzene rings is 2. The summed E-state index contributed by atoms with van der Waals surface area (Å²) >= 11 is 0. The zero-order valence-electron chi connectivity index (χ0n) is 16.8. The smallest absolute Gasteiger partial charge is 0.313 e. The van der Waals surface area contributed by atoms with Crippen molar-refractivity contribution in [2.45, 2.75) is 20.4 Å². The fraction of sp³-hybridized carbons (Fsp3) is 0.182. The molecule has 0 bridgehead atoms. The first kappa shape index (κ1) is 20.8. The van der Waals surface area contributed by atoms with Gasteiger partial charge in [0.2, 0.25) is 5.91 Å². The van der Waals surface area contributed by atoms with Crippen molar-refractivity contribution in [1.29, 1.82) is 0 Å². The van der Waals surface area contributed by atoms with E-state index in [1.807, 2.05) is 36.5 Å². The van der Waals surface area contributed by atoms with Gasteiger partial charge in [-0.1, -0.05) is 32.0 Å². The second kappa shape index (κ2) is 9.51. The van der Waals surface area contributed by atoms with Crippen LogP contribution in [0.2, 0.25) is 0 Å². The average molecular weight is 405 g/mol. The first-order valence-corrected chi connectivity index (χ1v) is 9.51. The van der Waals surface area contributed by atoms with Crippen LogP contribution in [0, 0.1) is 5.92 Å². The first-order valence-electron chi connectivity index (χ1n) is 9.51. The molecule has 0 saturated heterocycles. The summed E-state index contributed by atoms with van der Waals surface area (Å²) in [5.74, 6) is -1.84. The van der Waals surface area contributed by atoms with Gasteiger partial charge in [0.15, 0.2) is 0 Å². The van der Waals surface area contributed by atoms with Gasteiger partial charge in [0.1, 0.15) is 0 Å². The van der Waals surface area contributed by atoms with Gasteiger partial charge in [0, 0.05) is 36.2 Å². The third-order valence-electron chi connectivity index (χ3n) is 4.25. The van der Waals surface area contributed by atoms with E-state index in [0.717, 1.165) is 11.3 Å². The highest BCUT2D eigenvalue weighted by atomic mass is 16.2. The maximum Gasteiger partial charge on any atom is 0.313 e. The minimum atomic E-state index is -0.787. The molecule has 0 aliphatic heterocycles. The summed E-state index contributed by atoms with van der Waals surface area (Å²) in [5.41, 5.74) is 2.65. The van der Waals surface area contributed by atoms with Crippen LogP contribution in [0.25, 0.3) is 5.69 Å². The lowest BCUT2D eigenvalue weighted by Gasteiger charge is -2.10. The third kappa shape index (κ3) is 5.54. The Bertz CT molecular complexity index is 1040. The third-order valence-corrected chi connectivity index (χ3v) is 4.25. The molecule has 0 atom stereocenters. The van der Waals surface area contributed by atoms with Crippen molar-refractivity contribution in [3.05, 3.63) is 72.6 Å². The van der Waals surface area contributed by atoms with Crippen molar-refractivity contribution in [2.24, 2.45) is 5.92 Å². The molecule has 0 aliphatic carbocycles. The molecule has 0 unspecified atom stereocenters. The lowest BCUT2D eigenvalue weighted by atomic mass is 10.2. The summed E-state index contributed by atoms with van der Waals surface area (Å²) in [4.78, 5) is 36.2. The molecule has 0 saturated carbocycles. The topological polar surface area (TPSA) is 105 Å². The van der Waals surface area contributed by atoms with Crippen LogP contribution in [-0.4, -0.2) is 27.5 Å². The fourth-order valence-corrected chi connectivity index (χ4v) is 2.64. The second-order valence-electron chi connectivity index (χ2n) is 6.98. The van der Waals surface area contributed by atoms with Gasteiger partial charge in [-0.2, -0.15) is 5.10 Å². The molecule has 30 heavy (non-hydrogen) atoms. The molecule has 0 spiro atoms. The van der Waals surface area contributed by atoms with Crippen LogP contribution in [-0.2, 0) is 20.9 Å². The summed E-state index contributed by atoms with van der Waals surface area (Å²) in [5, 5.41) is 12.1. The van der Waals surface area contributed by atoms with Gasteiger partial charge in [-0.15, -0.1) is 0 Å². The van der Waals surface area contributed by atoms with Crippen LogP contribution in [0.3, 0.4) is 0 Å². The van der Waals surface area contributed by atoms with Gasteiger partial charge in [0.05, 0.1) is 5.69 Å². The Morgan fingerprint density at radius 1 is 0.933 bits per heavy atom. The summed E-state index contributed by atoms with van der Waals surface area (Å²) in [6.45, 7) is 3.78. The van der Waals surface area contributed by atoms with Crippen molar-refractivity contribution in [2.75, 3.05) is 10.6 Å². The van der Waals surface area contributed by atoms with E-state index in [-0.39, 0.29) is 18.4 Å². The Balaban J connectivity index is 1.56. The van der Waals surface area contributed by atoms with Gasteiger partial charge in [-0.05, 0) is 42.0 Å². The standard InChI is InChI=1S/C22H23N5O3/c1-15(2)20(28)25-17-7-4-8-18(13-17)26-22(30)21(29)23-14-16-6-3-9-19(12-16)27-11-5-10-24-27/h3-13,15H,14H2,1-2H3,(H,23,29)(H,25,28)(H,26,30). The highest BCUT2D eigenvalue weighted by molar-refractivity contribution is 6.39. The molecule has 2 aromatic carbocycles. The lowest BCUT2D eigenvalue weighted by Crippen LogP contribution is -2.35. The van der Waals surface area contributed by atoms with E-state index in [1.165, 1.54) is 0 Å². The fourth-order valence-electron chi connectivity index (χ4n) is 2.64. The molecule has 8 heteroatoms. The van der Waals surface area contributed by atoms with Crippen LogP contribution < -0.4 is 16.0 Å². The van der Waals surface area contributed by atoms with Gasteiger partial charge >= 0.3 is 11.8 Å². The molecule has 0 radical (unpaired) electrons. The molecule has 8 nitrogen and oxygen atoms in total. The molecule has 1 heterocycles. The van der Waals surface area contributed by atoms with E-state index in [1.54, 1.807) is 49.0 Å². The van der Waals surface area contributed by atoms with Crippen LogP contribution in [0.15, 0.2) is 67.0 Å². The molecule has 0 aliphatic rings. The molecular weight excluding hydrogens is 382 g/mol. The molecular formula is C22H23N5O3. The Morgan fingerprint density at radius 2 is 1.67 bits per heavy atom. The molecule has 3 aromatic rings. The van der Waals surface area contributed by atoms with E-state index in [2.05, 4.69) is 21.0 Å². The molecule has 3 N–H and O–H groups in total. The summed E-state index contributed by atoms with van der Waals surface area (Å²) in [6.07, 6.45) is 3.50. The number of carbonyl (C=O) groups is 3. The van der Waals surface area contributed by atoms with Crippen LogP contribution in [0.1, 0.15) is 19.4 Å². The minimum Gasteiger partial charge on any atom is -0.344 e. The SMILES string of the molecule is CC(C)C(=O)Nc1cccc(NC(=O)C(=O)NCc2cccc(-n3cccn3)c2)c1. The average Bonchev–Trinajstić information content (AvgIpc) is 3.27. The second-order valence-corrected chi connectivity index (χ2v) is 6.98. The van der Waals surface area contributed by atoms with E-state index in [4.69, 9.17) is 0 Å². The van der Waals surface area contributed by atoms with E-state index < -0.39 is 11.8 Å². The van der Waals surface area contributed by atoms with Crippen LogP contribution in [0.5, 0.6) is 0 Å². The first-order chi connectivity index (χ1) is 14.4. The van der Waals surface area contributed by atoms with Crippen molar-refractivity contribution in [1.82, 2.24) is 15.1 Å². The summed E-state index contributed by atoms with van der Waals surface area (Å²) in [6, 6.07) is 15.9. The summed E-state index contributed by atoms with van der Waals surface area (Å²) < 4.78 is 1.71. The van der Waals surface area contributed by atoms with Crippen LogP contribution in [0.4, 0.5) is 11.4 Å². The Kier molecular flexibility index (Phi) is 6.59. The molecule has 3 rings (SSSR count). The zero-order valence-corrected chi connectivity index (χ0v) is 16.8. The maximum atomic E-state index is 12.2. The summed E-state index contributed by atoms with van der Waals surface area (Å²) in [7, 11) is 0. The number of aromatic nitrogens is 2. The number of nitrogens with zero attached hydrogens (tertiary/aromatic N) is 2. The quantitative estimate of drug-likeness (QED) is 0.548. The lowest BCUT2D eigenvalue weighted by molar-refractivity contribution is -0.136. The molecule has 0 fully saturated rings. The van der Waals surface area contributed by atoms with Gasteiger partial charge in [-0.3, -0.25) is 14.4 Å². The van der Waals surface area contributed by atoms with Gasteiger partial charge in [0.25, 0.3) is 0 Å². The van der Waals surface area contributed by atoms with Crippen LogP contribution >= 0.6 is 0 Å². The predicted molar refractivity (Wildman–Crippen MR) is 114 cm³/mol. The van der Waals surface area contributed by atoms with Crippen molar-refractivity contribution >= 4 is 29.1 Å². The van der Waals surface area contributed by atoms with Crippen molar-refractivity contribution in [3.8, 4) is 5.69 Å². The predicted octanol–water partition coefficient (Wildman–Crippen LogP) is 2.72. The number of amides is 3. The Labute approximate surface area is 174 Å². The van der Waals surface area contributed by atoms with Gasteiger partial charge in [-0.25, -0.2) is 4.68 Å². The number of hydrogen-bond acceptors (Lipinski definition) is 4. The normalized spacial score (nSPS) is 10.5. The monoisotopic (exact) mass is 405 g/mol. The molecule has 1 aromatic heterocycles. The zero-order chi connectivity index (χ0) is 21.5. The number of anilines is 2. The van der Waals surface area contributed by atoms with E-state index >= 15 is 0 Å². The largest absolute Gasteiger partial charge is 0.344 e. The van der Waals surface area contributed by atoms with E-state index in [0.29, 0.717) is 11.4 Å². The maximum absolute atomic E-state index is 12.2. The Hall–Kier alpha value is -3.94. The number of rotatable bonds is 6. The highest BCUT2D eigenvalue weighted by Gasteiger charge is 2.14. The minimum absolute atomic E-state index is 0.131. The van der Waals surface area contributed by atoms with Crippen molar-refractivity contribution in [3.63, 3.8) is 0 Å². The van der Waals surface area contributed by atoms with Crippen molar-refractivity contribution < 1.29 is 14.4 Å². The van der Waals surface area contributed by atoms with Gasteiger partial charge < -0.3 is 16.0 Å². The molecule has 154 valence electrons. The number of carbonyl (C=O) groups excluding carboxylic acids is 3. The number of hydrogen-bond donors (Lipinski definition) is 3. The molecule has 3 amide bonds. The highest BCUT2D eigenvalue weighted by Crippen LogP contribution is 2.16. The number of nitrogens with one attached hydrogen (secondary N) is 3. The van der Waals surface area contributed by atoms with E-state index in [9.17, 15) is 14.4 Å². The Morgan fingerprint density at radius 3 is 2.37 bits per heavy atom.